The van der Waals surface area contributed by atoms with Crippen LogP contribution in [0.4, 0.5) is 0 Å². The second-order valence-electron chi connectivity index (χ2n) is 7.89. The van der Waals surface area contributed by atoms with Crippen molar-refractivity contribution in [2.75, 3.05) is 6.54 Å². The fraction of sp³-hybridized carbons (Fsp3) is 0.476. The van der Waals surface area contributed by atoms with Crippen molar-refractivity contribution in [1.29, 1.82) is 0 Å². The van der Waals surface area contributed by atoms with Crippen molar-refractivity contribution in [1.82, 2.24) is 17.6 Å². The Hall–Kier alpha value is -1.58. The Balaban J connectivity index is 1.57. The Bertz CT molecular complexity index is 869. The van der Waals surface area contributed by atoms with Gasteiger partial charge in [-0.15, -0.1) is 0 Å². The van der Waals surface area contributed by atoms with E-state index >= 15 is 0 Å². The Labute approximate surface area is 179 Å². The van der Waals surface area contributed by atoms with Crippen molar-refractivity contribution in [3.05, 3.63) is 53.6 Å². The van der Waals surface area contributed by atoms with Crippen LogP contribution in [-0.2, 0) is 35.6 Å². The molecule has 0 unspecified atom stereocenters. The highest BCUT2D eigenvalue weighted by atomic mass is 127. The van der Waals surface area contributed by atoms with Gasteiger partial charge in [-0.2, -0.15) is 0 Å². The molecule has 0 N–H and O–H groups in total. The zero-order chi connectivity index (χ0) is 19.7. The Morgan fingerprint density at radius 3 is 2.86 bits per heavy atom. The van der Waals surface area contributed by atoms with Crippen LogP contribution in [0.25, 0.3) is 0 Å². The zero-order valence-corrected chi connectivity index (χ0v) is 18.2. The lowest BCUT2D eigenvalue weighted by molar-refractivity contribution is -0.120. The van der Waals surface area contributed by atoms with Crippen LogP contribution in [0.5, 0.6) is 0 Å². The summed E-state index contributed by atoms with van der Waals surface area (Å²) >= 11 is 2.22. The van der Waals surface area contributed by atoms with Gasteiger partial charge in [-0.05, 0) is 31.7 Å². The summed E-state index contributed by atoms with van der Waals surface area (Å²) in [6.45, 7) is 3.86. The summed E-state index contributed by atoms with van der Waals surface area (Å²) in [6, 6.07) is 10.1. The number of imidazole rings is 1. The SMILES string of the molecule is CC(=O)[C@@H]1Cc2c(ncn2CN2CCC[C@]2(C=O)Cc2ccccc2)CN1I. The fourth-order valence-corrected chi connectivity index (χ4v) is 5.40. The van der Waals surface area contributed by atoms with Crippen LogP contribution in [0, 0.1) is 0 Å². The third-order valence-corrected chi connectivity index (χ3v) is 7.10. The molecule has 0 spiro atoms. The number of fused-ring (bicyclic) bond motifs is 1. The molecule has 3 heterocycles. The number of benzene rings is 1. The predicted octanol–water partition coefficient (Wildman–Crippen LogP) is 2.78. The molecule has 1 aromatic heterocycles. The van der Waals surface area contributed by atoms with E-state index in [1.165, 1.54) is 5.56 Å². The van der Waals surface area contributed by atoms with E-state index in [2.05, 4.69) is 49.4 Å². The van der Waals surface area contributed by atoms with Gasteiger partial charge < -0.3 is 9.36 Å². The van der Waals surface area contributed by atoms with Crippen LogP contribution in [0.15, 0.2) is 36.7 Å². The monoisotopic (exact) mass is 492 g/mol. The number of hydrogen-bond donors (Lipinski definition) is 0. The summed E-state index contributed by atoms with van der Waals surface area (Å²) < 4.78 is 4.18. The van der Waals surface area contributed by atoms with E-state index in [9.17, 15) is 9.59 Å². The lowest BCUT2D eigenvalue weighted by Gasteiger charge is -2.35. The summed E-state index contributed by atoms with van der Waals surface area (Å²) in [4.78, 5) is 31.1. The maximum atomic E-state index is 12.2. The van der Waals surface area contributed by atoms with E-state index in [-0.39, 0.29) is 11.8 Å². The second kappa shape index (κ2) is 8.04. The highest BCUT2D eigenvalue weighted by Gasteiger charge is 2.41. The molecule has 2 atom stereocenters. The van der Waals surface area contributed by atoms with Crippen molar-refractivity contribution >= 4 is 34.9 Å². The van der Waals surface area contributed by atoms with Crippen molar-refractivity contribution in [3.63, 3.8) is 0 Å². The number of ketones is 1. The molecule has 1 aromatic carbocycles. The number of carbonyl (C=O) groups is 2. The van der Waals surface area contributed by atoms with E-state index in [0.717, 1.165) is 43.5 Å². The van der Waals surface area contributed by atoms with Crippen LogP contribution >= 0.6 is 22.9 Å². The van der Waals surface area contributed by atoms with Gasteiger partial charge in [0, 0.05) is 41.5 Å². The molecule has 4 rings (SSSR count). The summed E-state index contributed by atoms with van der Waals surface area (Å²) in [6.07, 6.45) is 6.30. The lowest BCUT2D eigenvalue weighted by atomic mass is 9.90. The van der Waals surface area contributed by atoms with Crippen LogP contribution in [0.2, 0.25) is 0 Å². The second-order valence-corrected chi connectivity index (χ2v) is 9.13. The minimum absolute atomic E-state index is 0.109. The Kier molecular flexibility index (Phi) is 5.66. The van der Waals surface area contributed by atoms with E-state index in [4.69, 9.17) is 0 Å². The largest absolute Gasteiger partial charge is 0.321 e. The van der Waals surface area contributed by atoms with Crippen LogP contribution in [0.3, 0.4) is 0 Å². The Morgan fingerprint density at radius 2 is 2.14 bits per heavy atom. The van der Waals surface area contributed by atoms with Gasteiger partial charge in [0.2, 0.25) is 0 Å². The number of Topliss-reactive ketones (excluding diaryl/α,β-unsaturated/α-hetero) is 1. The third kappa shape index (κ3) is 3.67. The molecule has 7 heteroatoms. The zero-order valence-electron chi connectivity index (χ0n) is 16.1. The van der Waals surface area contributed by atoms with E-state index < -0.39 is 5.54 Å². The van der Waals surface area contributed by atoms with E-state index in [0.29, 0.717) is 19.6 Å². The molecule has 2 aromatic rings. The highest BCUT2D eigenvalue weighted by molar-refractivity contribution is 14.1. The summed E-state index contributed by atoms with van der Waals surface area (Å²) in [5.41, 5.74) is 2.87. The maximum Gasteiger partial charge on any atom is 0.148 e. The molecule has 0 saturated carbocycles. The average molecular weight is 492 g/mol. The van der Waals surface area contributed by atoms with Crippen LogP contribution < -0.4 is 0 Å². The first-order valence-electron chi connectivity index (χ1n) is 9.73. The molecular formula is C21H25IN4O2. The van der Waals surface area contributed by atoms with Gasteiger partial charge in [0.25, 0.3) is 0 Å². The van der Waals surface area contributed by atoms with Crippen LogP contribution in [-0.4, -0.2) is 47.8 Å². The number of aromatic nitrogens is 2. The molecule has 2 aliphatic rings. The van der Waals surface area contributed by atoms with Gasteiger partial charge in [-0.3, -0.25) is 9.69 Å². The van der Waals surface area contributed by atoms with Gasteiger partial charge in [0.1, 0.15) is 12.1 Å². The first-order chi connectivity index (χ1) is 13.5. The van der Waals surface area contributed by atoms with Gasteiger partial charge >= 0.3 is 0 Å². The number of rotatable bonds is 6. The maximum absolute atomic E-state index is 12.2. The molecule has 2 aliphatic heterocycles. The molecule has 0 aliphatic carbocycles. The number of likely N-dealkylation sites (tertiary alicyclic amines) is 1. The van der Waals surface area contributed by atoms with Crippen molar-refractivity contribution in [2.45, 2.75) is 57.4 Å². The molecule has 6 nitrogen and oxygen atoms in total. The highest BCUT2D eigenvalue weighted by Crippen LogP contribution is 2.33. The average Bonchev–Trinajstić information content (AvgIpc) is 3.26. The topological polar surface area (TPSA) is 58.4 Å². The molecule has 0 bridgehead atoms. The quantitative estimate of drug-likeness (QED) is 0.353. The summed E-state index contributed by atoms with van der Waals surface area (Å²) in [5.74, 6) is 0.181. The number of nitrogens with zero attached hydrogens (tertiary/aromatic N) is 4. The van der Waals surface area contributed by atoms with Crippen molar-refractivity contribution in [2.24, 2.45) is 0 Å². The number of hydrogen-bond acceptors (Lipinski definition) is 5. The molecule has 0 radical (unpaired) electrons. The van der Waals surface area contributed by atoms with Gasteiger partial charge in [-0.1, -0.05) is 30.3 Å². The van der Waals surface area contributed by atoms with E-state index in [1.54, 1.807) is 6.92 Å². The van der Waals surface area contributed by atoms with Gasteiger partial charge in [0.05, 0.1) is 36.8 Å². The molecule has 1 saturated heterocycles. The van der Waals surface area contributed by atoms with Gasteiger partial charge in [0.15, 0.2) is 0 Å². The molecule has 148 valence electrons. The van der Waals surface area contributed by atoms with Crippen LogP contribution in [0.1, 0.15) is 36.7 Å². The number of carbonyl (C=O) groups excluding carboxylic acids is 2. The number of aldehydes is 1. The Morgan fingerprint density at radius 1 is 1.36 bits per heavy atom. The first-order valence-corrected chi connectivity index (χ1v) is 10.7. The smallest absolute Gasteiger partial charge is 0.148 e. The lowest BCUT2D eigenvalue weighted by Crippen LogP contribution is -2.48. The number of halogens is 1. The minimum Gasteiger partial charge on any atom is -0.321 e. The molecule has 28 heavy (non-hydrogen) atoms. The standard InChI is InChI=1S/C21H25IN4O2/c1-16(28)19-10-20-18(12-26(19)22)23-14-24(20)15-25-9-5-8-21(25,13-27)11-17-6-3-2-4-7-17/h2-4,6-7,13-14,19H,5,8-12,15H2,1H3/t19-,21+/m0/s1. The summed E-state index contributed by atoms with van der Waals surface area (Å²) in [5, 5.41) is 0. The first kappa shape index (κ1) is 19.7. The van der Waals surface area contributed by atoms with Crippen molar-refractivity contribution < 1.29 is 9.59 Å². The van der Waals surface area contributed by atoms with Gasteiger partial charge in [-0.25, -0.2) is 8.10 Å². The summed E-state index contributed by atoms with van der Waals surface area (Å²) in [7, 11) is 0. The minimum atomic E-state index is -0.470. The van der Waals surface area contributed by atoms with Crippen molar-refractivity contribution in [3.8, 4) is 0 Å². The molecule has 0 amide bonds. The molecular weight excluding hydrogens is 467 g/mol. The third-order valence-electron chi connectivity index (χ3n) is 6.09. The predicted molar refractivity (Wildman–Crippen MR) is 115 cm³/mol. The van der Waals surface area contributed by atoms with E-state index in [1.807, 2.05) is 27.6 Å². The normalized spacial score (nSPS) is 25.6. The molecule has 1 fully saturated rings. The fourth-order valence-electron chi connectivity index (χ4n) is 4.49.